The molecule has 2 amide bonds. The number of nitrogens with zero attached hydrogens (tertiary/aromatic N) is 1. The van der Waals surface area contributed by atoms with Crippen molar-refractivity contribution in [2.45, 2.75) is 168 Å². The Morgan fingerprint density at radius 2 is 1.08 bits per heavy atom. The van der Waals surface area contributed by atoms with Gasteiger partial charge >= 0.3 is 18.2 Å². The van der Waals surface area contributed by atoms with E-state index in [4.69, 9.17) is 14.2 Å². The topological polar surface area (TPSA) is 123 Å². The summed E-state index contributed by atoms with van der Waals surface area (Å²) in [6.45, 7) is 12.7. The fourth-order valence-corrected chi connectivity index (χ4v) is 4.12. The first kappa shape index (κ1) is 37.1. The maximum Gasteiger partial charge on any atom is 0.420 e. The molecule has 3 atom stereocenters. The third-order valence-electron chi connectivity index (χ3n) is 6.11. The summed E-state index contributed by atoms with van der Waals surface area (Å²) < 4.78 is 15.8. The average Bonchev–Trinajstić information content (AvgIpc) is 2.79. The van der Waals surface area contributed by atoms with Crippen LogP contribution in [0.3, 0.4) is 0 Å². The lowest BCUT2D eigenvalue weighted by Crippen LogP contribution is -2.57. The lowest BCUT2D eigenvalue weighted by molar-refractivity contribution is -0.145. The van der Waals surface area contributed by atoms with E-state index in [-0.39, 0.29) is 6.42 Å². The highest BCUT2D eigenvalue weighted by Gasteiger charge is 2.42. The van der Waals surface area contributed by atoms with Crippen LogP contribution >= 0.6 is 0 Å². The van der Waals surface area contributed by atoms with E-state index in [2.05, 4.69) is 6.92 Å². The Balaban J connectivity index is 5.09. The maximum atomic E-state index is 13.0. The molecule has 0 aliphatic carbocycles. The van der Waals surface area contributed by atoms with Crippen molar-refractivity contribution in [2.75, 3.05) is 6.61 Å². The Morgan fingerprint density at radius 1 is 0.692 bits per heavy atom. The summed E-state index contributed by atoms with van der Waals surface area (Å²) in [7, 11) is 0. The number of carbonyl (C=O) groups excluding carboxylic acids is 3. The molecule has 0 heterocycles. The Labute approximate surface area is 236 Å². The van der Waals surface area contributed by atoms with Crippen LogP contribution in [0.4, 0.5) is 9.59 Å². The molecule has 0 bridgehead atoms. The van der Waals surface area contributed by atoms with Gasteiger partial charge in [-0.1, -0.05) is 84.0 Å². The van der Waals surface area contributed by atoms with Gasteiger partial charge in [0.2, 0.25) is 0 Å². The number of hydrogen-bond acceptors (Lipinski definition) is 8. The normalized spacial score (nSPS) is 14.3. The lowest BCUT2D eigenvalue weighted by Gasteiger charge is -2.36. The van der Waals surface area contributed by atoms with Crippen molar-refractivity contribution in [3.8, 4) is 0 Å². The first-order chi connectivity index (χ1) is 18.1. The highest BCUT2D eigenvalue weighted by atomic mass is 16.6. The summed E-state index contributed by atoms with van der Waals surface area (Å²) in [5.41, 5.74) is -1.89. The van der Waals surface area contributed by atoms with Crippen LogP contribution in [-0.4, -0.2) is 69.3 Å². The van der Waals surface area contributed by atoms with E-state index >= 15 is 0 Å². The fourth-order valence-electron chi connectivity index (χ4n) is 4.12. The molecule has 0 saturated carbocycles. The van der Waals surface area contributed by atoms with Crippen molar-refractivity contribution in [3.05, 3.63) is 0 Å². The van der Waals surface area contributed by atoms with Crippen molar-refractivity contribution >= 4 is 18.2 Å². The minimum atomic E-state index is -1.57. The van der Waals surface area contributed by atoms with E-state index in [1.165, 1.54) is 58.3 Å². The molecule has 0 rings (SSSR count). The first-order valence-electron chi connectivity index (χ1n) is 14.8. The molecule has 0 aliphatic heterocycles. The van der Waals surface area contributed by atoms with Gasteiger partial charge in [-0.25, -0.2) is 14.5 Å². The molecule has 0 fully saturated rings. The fraction of sp³-hybridized carbons (Fsp3) is 0.900. The lowest BCUT2D eigenvalue weighted by atomic mass is 9.98. The zero-order valence-electron chi connectivity index (χ0n) is 25.9. The van der Waals surface area contributed by atoms with Crippen molar-refractivity contribution in [2.24, 2.45) is 0 Å². The van der Waals surface area contributed by atoms with E-state index in [0.29, 0.717) is 11.3 Å². The van der Waals surface area contributed by atoms with E-state index in [0.717, 1.165) is 19.3 Å². The maximum absolute atomic E-state index is 13.0. The summed E-state index contributed by atoms with van der Waals surface area (Å²) in [4.78, 5) is 38.2. The molecular weight excluding hydrogens is 502 g/mol. The van der Waals surface area contributed by atoms with Gasteiger partial charge in [0.1, 0.15) is 30.0 Å². The van der Waals surface area contributed by atoms with Crippen LogP contribution in [0.1, 0.15) is 139 Å². The number of unbranched alkanes of at least 4 members (excludes halogenated alkanes) is 11. The third kappa shape index (κ3) is 18.9. The van der Waals surface area contributed by atoms with Gasteiger partial charge in [-0.3, -0.25) is 4.79 Å². The zero-order valence-corrected chi connectivity index (χ0v) is 25.9. The average molecular weight is 560 g/mol. The minimum Gasteiger partial charge on any atom is -0.464 e. The van der Waals surface area contributed by atoms with Crippen LogP contribution in [-0.2, 0) is 19.0 Å². The van der Waals surface area contributed by atoms with Crippen molar-refractivity contribution in [1.82, 2.24) is 4.90 Å². The number of hydrogen-bond donors (Lipinski definition) is 2. The number of amides is 2. The van der Waals surface area contributed by atoms with Gasteiger partial charge in [-0.05, 0) is 48.0 Å². The van der Waals surface area contributed by atoms with Crippen molar-refractivity contribution < 1.29 is 38.8 Å². The summed E-state index contributed by atoms with van der Waals surface area (Å²) >= 11 is 0. The van der Waals surface area contributed by atoms with Gasteiger partial charge < -0.3 is 24.4 Å². The van der Waals surface area contributed by atoms with Crippen LogP contribution in [0.5, 0.6) is 0 Å². The highest BCUT2D eigenvalue weighted by molar-refractivity contribution is 5.88. The summed E-state index contributed by atoms with van der Waals surface area (Å²) in [5.74, 6) is -0.657. The minimum absolute atomic E-state index is 0.269. The summed E-state index contributed by atoms with van der Waals surface area (Å²) in [6, 6.07) is -1.40. The van der Waals surface area contributed by atoms with E-state index in [1.54, 1.807) is 41.5 Å². The quantitative estimate of drug-likeness (QED) is 0.106. The van der Waals surface area contributed by atoms with Crippen LogP contribution in [0.25, 0.3) is 0 Å². The molecule has 0 aliphatic rings. The van der Waals surface area contributed by atoms with Crippen LogP contribution in [0, 0.1) is 0 Å². The van der Waals surface area contributed by atoms with Crippen LogP contribution in [0.2, 0.25) is 0 Å². The number of imide groups is 1. The molecule has 0 aromatic rings. The number of aliphatic hydroxyl groups is 2. The van der Waals surface area contributed by atoms with E-state index < -0.39 is 54.2 Å². The zero-order chi connectivity index (χ0) is 30.1. The van der Waals surface area contributed by atoms with Crippen molar-refractivity contribution in [3.63, 3.8) is 0 Å². The van der Waals surface area contributed by atoms with Gasteiger partial charge in [0.15, 0.2) is 0 Å². The molecule has 0 unspecified atom stereocenters. The van der Waals surface area contributed by atoms with E-state index in [1.807, 2.05) is 0 Å². The predicted octanol–water partition coefficient (Wildman–Crippen LogP) is 6.90. The number of rotatable bonds is 18. The SMILES string of the molecule is CCCCCCCCCCCCCC[C@@H](O)[C@@H](O)[C@H](COC(C)=O)N(C(=O)OC(C)(C)C)C(=O)OC(C)(C)C. The number of aliphatic hydroxyl groups excluding tert-OH is 2. The Bertz CT molecular complexity index is 670. The monoisotopic (exact) mass is 559 g/mol. The number of carbonyl (C=O) groups is 3. The van der Waals surface area contributed by atoms with Crippen LogP contribution < -0.4 is 0 Å². The van der Waals surface area contributed by atoms with Gasteiger partial charge in [0.05, 0.1) is 6.10 Å². The van der Waals surface area contributed by atoms with Crippen molar-refractivity contribution in [1.29, 1.82) is 0 Å². The molecule has 230 valence electrons. The molecule has 0 saturated heterocycles. The Kier molecular flexibility index (Phi) is 18.3. The Morgan fingerprint density at radius 3 is 1.44 bits per heavy atom. The smallest absolute Gasteiger partial charge is 0.420 e. The molecule has 0 spiro atoms. The van der Waals surface area contributed by atoms with Gasteiger partial charge in [0.25, 0.3) is 0 Å². The summed E-state index contributed by atoms with van der Waals surface area (Å²) in [5, 5.41) is 21.8. The molecule has 0 radical (unpaired) electrons. The molecule has 0 aromatic carbocycles. The second-order valence-electron chi connectivity index (χ2n) is 12.4. The van der Waals surface area contributed by atoms with Gasteiger partial charge in [-0.15, -0.1) is 0 Å². The highest BCUT2D eigenvalue weighted by Crippen LogP contribution is 2.22. The Hall–Kier alpha value is -1.87. The second kappa shape index (κ2) is 19.2. The number of esters is 1. The molecular formula is C30H57NO8. The van der Waals surface area contributed by atoms with Gasteiger partial charge in [-0.2, -0.15) is 0 Å². The number of ether oxygens (including phenoxy) is 3. The summed E-state index contributed by atoms with van der Waals surface area (Å²) in [6.07, 6.45) is 9.35. The van der Waals surface area contributed by atoms with Crippen LogP contribution in [0.15, 0.2) is 0 Å². The molecule has 2 N–H and O–H groups in total. The molecule has 9 nitrogen and oxygen atoms in total. The first-order valence-corrected chi connectivity index (χ1v) is 14.8. The predicted molar refractivity (Wildman–Crippen MR) is 152 cm³/mol. The largest absolute Gasteiger partial charge is 0.464 e. The molecule has 9 heteroatoms. The van der Waals surface area contributed by atoms with Gasteiger partial charge in [0, 0.05) is 6.92 Å². The standard InChI is InChI=1S/C30H57NO8/c1-9-10-11-12-13-14-15-16-17-18-19-20-21-25(33)26(34)24(22-37-23(2)32)31(27(35)38-29(3,4)5)28(36)39-30(6,7)8/h24-26,33-34H,9-22H2,1-8H3/t24-,25+,26-/m0/s1. The third-order valence-corrected chi connectivity index (χ3v) is 6.11. The molecule has 0 aromatic heterocycles. The second-order valence-corrected chi connectivity index (χ2v) is 12.4. The molecule has 39 heavy (non-hydrogen) atoms. The van der Waals surface area contributed by atoms with E-state index in [9.17, 15) is 24.6 Å².